The molecule has 0 radical (unpaired) electrons. The number of hydrogen-bond donors (Lipinski definition) is 1. The Hall–Kier alpha value is -1.31. The number of nitrogens with zero attached hydrogens (tertiary/aromatic N) is 1. The van der Waals surface area contributed by atoms with E-state index in [2.05, 4.69) is 24.0 Å². The molecule has 11 heavy (non-hydrogen) atoms. The van der Waals surface area contributed by atoms with E-state index in [9.17, 15) is 0 Å². The molecular weight excluding hydrogens is 136 g/mol. The molecule has 0 aliphatic carbocycles. The molecule has 0 saturated carbocycles. The van der Waals surface area contributed by atoms with Gasteiger partial charge >= 0.3 is 0 Å². The molecular formula is C9H12N2. The third-order valence-corrected chi connectivity index (χ3v) is 1.43. The molecule has 0 saturated heterocycles. The van der Waals surface area contributed by atoms with Gasteiger partial charge in [0, 0.05) is 12.2 Å². The van der Waals surface area contributed by atoms with Crippen LogP contribution in [0.25, 0.3) is 0 Å². The summed E-state index contributed by atoms with van der Waals surface area (Å²) in [5.41, 5.74) is 2.03. The van der Waals surface area contributed by atoms with Crippen LogP contribution >= 0.6 is 0 Å². The van der Waals surface area contributed by atoms with Gasteiger partial charge in [-0.05, 0) is 37.9 Å². The van der Waals surface area contributed by atoms with Crippen LogP contribution in [-0.4, -0.2) is 13.3 Å². The van der Waals surface area contributed by atoms with E-state index in [0.717, 1.165) is 17.9 Å². The minimum atomic E-state index is 0.909. The summed E-state index contributed by atoms with van der Waals surface area (Å²) >= 11 is 0. The van der Waals surface area contributed by atoms with E-state index in [4.69, 9.17) is 0 Å². The molecule has 1 aromatic carbocycles. The number of nitrogens with one attached hydrogen (secondary N) is 1. The highest BCUT2D eigenvalue weighted by Crippen LogP contribution is 2.14. The van der Waals surface area contributed by atoms with Gasteiger partial charge < -0.3 is 5.32 Å². The lowest BCUT2D eigenvalue weighted by molar-refractivity contribution is 1.21. The fraction of sp³-hybridized carbons (Fsp3) is 0.222. The highest BCUT2D eigenvalue weighted by Gasteiger charge is 1.88. The summed E-state index contributed by atoms with van der Waals surface area (Å²) in [6.45, 7) is 6.45. The van der Waals surface area contributed by atoms with Gasteiger partial charge in [0.2, 0.25) is 0 Å². The first kappa shape index (κ1) is 7.79. The van der Waals surface area contributed by atoms with E-state index in [1.165, 1.54) is 0 Å². The molecule has 0 heterocycles. The van der Waals surface area contributed by atoms with E-state index >= 15 is 0 Å². The van der Waals surface area contributed by atoms with Crippen LogP contribution in [0.1, 0.15) is 6.92 Å². The van der Waals surface area contributed by atoms with Crippen molar-refractivity contribution >= 4 is 18.1 Å². The minimum absolute atomic E-state index is 0.909. The third kappa shape index (κ3) is 2.08. The monoisotopic (exact) mass is 148 g/mol. The molecule has 0 bridgehead atoms. The Morgan fingerprint density at radius 3 is 2.45 bits per heavy atom. The van der Waals surface area contributed by atoms with Crippen molar-refractivity contribution in [3.63, 3.8) is 0 Å². The number of benzene rings is 1. The zero-order chi connectivity index (χ0) is 8.10. The molecule has 0 aliphatic rings. The Kier molecular flexibility index (Phi) is 2.66. The molecule has 0 amide bonds. The van der Waals surface area contributed by atoms with Crippen molar-refractivity contribution < 1.29 is 0 Å². The van der Waals surface area contributed by atoms with Crippen LogP contribution in [0.2, 0.25) is 0 Å². The highest BCUT2D eigenvalue weighted by molar-refractivity contribution is 5.53. The Labute approximate surface area is 67.0 Å². The fourth-order valence-electron chi connectivity index (χ4n) is 0.889. The van der Waals surface area contributed by atoms with E-state index in [0.29, 0.717) is 0 Å². The van der Waals surface area contributed by atoms with Crippen LogP contribution in [0.5, 0.6) is 0 Å². The molecule has 1 aromatic rings. The lowest BCUT2D eigenvalue weighted by Gasteiger charge is -2.01. The van der Waals surface area contributed by atoms with Gasteiger partial charge in [0.1, 0.15) is 0 Å². The second kappa shape index (κ2) is 3.76. The fourth-order valence-corrected chi connectivity index (χ4v) is 0.889. The van der Waals surface area contributed by atoms with E-state index in [-0.39, 0.29) is 0 Å². The zero-order valence-corrected chi connectivity index (χ0v) is 6.67. The maximum atomic E-state index is 3.79. The molecule has 1 rings (SSSR count). The van der Waals surface area contributed by atoms with Crippen molar-refractivity contribution in [1.82, 2.24) is 0 Å². The average molecular weight is 148 g/mol. The molecule has 0 unspecified atom stereocenters. The van der Waals surface area contributed by atoms with Gasteiger partial charge in [0.15, 0.2) is 0 Å². The van der Waals surface area contributed by atoms with Crippen molar-refractivity contribution in [3.05, 3.63) is 24.3 Å². The number of hydrogen-bond acceptors (Lipinski definition) is 2. The normalized spacial score (nSPS) is 9.18. The van der Waals surface area contributed by atoms with Gasteiger partial charge in [-0.2, -0.15) is 0 Å². The van der Waals surface area contributed by atoms with Crippen LogP contribution in [0, 0.1) is 0 Å². The standard InChI is InChI=1S/C9H12N2/c1-3-11-9-6-4-8(10-2)5-7-9/h4-7,11H,2-3H2,1H3. The van der Waals surface area contributed by atoms with Crippen molar-refractivity contribution in [2.75, 3.05) is 11.9 Å². The predicted octanol–water partition coefficient (Wildman–Crippen LogP) is 2.45. The quantitative estimate of drug-likeness (QED) is 0.654. The van der Waals surface area contributed by atoms with Gasteiger partial charge in [0.25, 0.3) is 0 Å². The second-order valence-electron chi connectivity index (χ2n) is 2.24. The van der Waals surface area contributed by atoms with E-state index in [1.54, 1.807) is 0 Å². The summed E-state index contributed by atoms with van der Waals surface area (Å²) in [5, 5.41) is 3.20. The number of aliphatic imine (C=N–C) groups is 1. The van der Waals surface area contributed by atoms with Crippen LogP contribution in [0.15, 0.2) is 29.3 Å². The second-order valence-corrected chi connectivity index (χ2v) is 2.24. The number of anilines is 1. The van der Waals surface area contributed by atoms with Crippen LogP contribution in [0.4, 0.5) is 11.4 Å². The van der Waals surface area contributed by atoms with Gasteiger partial charge in [-0.3, -0.25) is 4.99 Å². The Bertz CT molecular complexity index is 226. The summed E-state index contributed by atoms with van der Waals surface area (Å²) in [5.74, 6) is 0. The van der Waals surface area contributed by atoms with Gasteiger partial charge in [0.05, 0.1) is 5.69 Å². The van der Waals surface area contributed by atoms with E-state index < -0.39 is 0 Å². The van der Waals surface area contributed by atoms with Crippen LogP contribution in [0.3, 0.4) is 0 Å². The molecule has 58 valence electrons. The number of rotatable bonds is 3. The maximum absolute atomic E-state index is 3.79. The van der Waals surface area contributed by atoms with Gasteiger partial charge in [-0.15, -0.1) is 0 Å². The van der Waals surface area contributed by atoms with Crippen molar-refractivity contribution in [3.8, 4) is 0 Å². The van der Waals surface area contributed by atoms with Crippen molar-refractivity contribution in [1.29, 1.82) is 0 Å². The largest absolute Gasteiger partial charge is 0.385 e. The summed E-state index contributed by atoms with van der Waals surface area (Å²) in [6.07, 6.45) is 0. The Balaban J connectivity index is 2.74. The van der Waals surface area contributed by atoms with Crippen molar-refractivity contribution in [2.24, 2.45) is 4.99 Å². The highest BCUT2D eigenvalue weighted by atomic mass is 14.8. The first-order valence-corrected chi connectivity index (χ1v) is 3.67. The smallest absolute Gasteiger partial charge is 0.0623 e. The lowest BCUT2D eigenvalue weighted by Crippen LogP contribution is -1.94. The molecule has 0 aromatic heterocycles. The van der Waals surface area contributed by atoms with E-state index in [1.807, 2.05) is 24.3 Å². The molecule has 0 atom stereocenters. The van der Waals surface area contributed by atoms with Crippen molar-refractivity contribution in [2.45, 2.75) is 6.92 Å². The minimum Gasteiger partial charge on any atom is -0.385 e. The van der Waals surface area contributed by atoms with Gasteiger partial charge in [-0.1, -0.05) is 0 Å². The average Bonchev–Trinajstić information content (AvgIpc) is 2.07. The van der Waals surface area contributed by atoms with Crippen LogP contribution < -0.4 is 5.32 Å². The first-order valence-electron chi connectivity index (χ1n) is 3.67. The molecule has 0 aliphatic heterocycles. The Morgan fingerprint density at radius 2 is 2.00 bits per heavy atom. The molecule has 0 spiro atoms. The zero-order valence-electron chi connectivity index (χ0n) is 6.67. The molecule has 2 nitrogen and oxygen atoms in total. The maximum Gasteiger partial charge on any atom is 0.0623 e. The Morgan fingerprint density at radius 1 is 1.36 bits per heavy atom. The van der Waals surface area contributed by atoms with Crippen LogP contribution in [-0.2, 0) is 0 Å². The lowest BCUT2D eigenvalue weighted by atomic mass is 10.3. The third-order valence-electron chi connectivity index (χ3n) is 1.43. The first-order chi connectivity index (χ1) is 5.36. The summed E-state index contributed by atoms with van der Waals surface area (Å²) in [4.78, 5) is 3.79. The summed E-state index contributed by atoms with van der Waals surface area (Å²) < 4.78 is 0. The summed E-state index contributed by atoms with van der Waals surface area (Å²) in [7, 11) is 0. The van der Waals surface area contributed by atoms with Gasteiger partial charge in [-0.25, -0.2) is 0 Å². The molecule has 2 heteroatoms. The molecule has 1 N–H and O–H groups in total. The SMILES string of the molecule is C=Nc1ccc(NCC)cc1. The predicted molar refractivity (Wildman–Crippen MR) is 49.8 cm³/mol. The topological polar surface area (TPSA) is 24.4 Å². The summed E-state index contributed by atoms with van der Waals surface area (Å²) in [6, 6.07) is 7.86. The molecule has 0 fully saturated rings.